The van der Waals surface area contributed by atoms with Crippen LogP contribution in [0.1, 0.15) is 11.1 Å². The summed E-state index contributed by atoms with van der Waals surface area (Å²) in [6, 6.07) is 12.1. The van der Waals surface area contributed by atoms with Gasteiger partial charge in [0.2, 0.25) is 0 Å². The van der Waals surface area contributed by atoms with Crippen LogP contribution in [-0.2, 0) is 6.42 Å². The van der Waals surface area contributed by atoms with Crippen LogP contribution in [0.2, 0.25) is 5.02 Å². The molecule has 0 aliphatic carbocycles. The minimum absolute atomic E-state index is 0.148. The van der Waals surface area contributed by atoms with Crippen LogP contribution in [0.25, 0.3) is 0 Å². The van der Waals surface area contributed by atoms with Crippen molar-refractivity contribution in [3.63, 3.8) is 0 Å². The second-order valence-electron chi connectivity index (χ2n) is 5.07. The average Bonchev–Trinajstić information content (AvgIpc) is 2.53. The van der Waals surface area contributed by atoms with Gasteiger partial charge in [-0.1, -0.05) is 29.8 Å². The summed E-state index contributed by atoms with van der Waals surface area (Å²) < 4.78 is 28.5. The summed E-state index contributed by atoms with van der Waals surface area (Å²) in [5.74, 6) is 0.148. The third kappa shape index (κ3) is 5.62. The van der Waals surface area contributed by atoms with Crippen molar-refractivity contribution in [2.75, 3.05) is 11.9 Å². The van der Waals surface area contributed by atoms with Gasteiger partial charge < -0.3 is 15.4 Å². The summed E-state index contributed by atoms with van der Waals surface area (Å²) in [5.41, 5.74) is 2.78. The zero-order valence-corrected chi connectivity index (χ0v) is 14.6. The number of nitrogens with one attached hydrogen (secondary N) is 2. The summed E-state index contributed by atoms with van der Waals surface area (Å²) >= 11 is 11.3. The lowest BCUT2D eigenvalue weighted by molar-refractivity contribution is -0.0498. The highest BCUT2D eigenvalue weighted by Crippen LogP contribution is 2.22. The molecule has 0 aliphatic rings. The monoisotopic (exact) mass is 370 g/mol. The van der Waals surface area contributed by atoms with Crippen molar-refractivity contribution in [2.24, 2.45) is 0 Å². The predicted octanol–water partition coefficient (Wildman–Crippen LogP) is 4.78. The molecule has 0 aromatic heterocycles. The van der Waals surface area contributed by atoms with E-state index in [1.807, 2.05) is 25.1 Å². The normalized spacial score (nSPS) is 10.5. The quantitative estimate of drug-likeness (QED) is 0.717. The highest BCUT2D eigenvalue weighted by atomic mass is 35.5. The first-order valence-electron chi connectivity index (χ1n) is 7.29. The molecule has 0 spiro atoms. The SMILES string of the molecule is Cc1c(Cl)cccc1NC(=S)NCCc1ccc(OC(F)F)cc1. The third-order valence-corrected chi connectivity index (χ3v) is 4.02. The topological polar surface area (TPSA) is 33.3 Å². The van der Waals surface area contributed by atoms with Crippen LogP contribution < -0.4 is 15.4 Å². The van der Waals surface area contributed by atoms with Gasteiger partial charge in [-0.25, -0.2) is 0 Å². The number of halogens is 3. The van der Waals surface area contributed by atoms with E-state index in [0.29, 0.717) is 23.1 Å². The fourth-order valence-electron chi connectivity index (χ4n) is 2.07. The van der Waals surface area contributed by atoms with E-state index in [2.05, 4.69) is 15.4 Å². The molecule has 24 heavy (non-hydrogen) atoms. The van der Waals surface area contributed by atoms with Crippen molar-refractivity contribution in [1.29, 1.82) is 0 Å². The summed E-state index contributed by atoms with van der Waals surface area (Å²) in [5, 5.41) is 7.37. The lowest BCUT2D eigenvalue weighted by Crippen LogP contribution is -2.30. The second-order valence-corrected chi connectivity index (χ2v) is 5.88. The maximum atomic E-state index is 12.1. The standard InChI is InChI=1S/C17H17ClF2N2OS/c1-11-14(18)3-2-4-15(11)22-17(24)21-10-9-12-5-7-13(8-6-12)23-16(19)20/h2-8,16H,9-10H2,1H3,(H2,21,22,24). The Kier molecular flexibility index (Phi) is 6.75. The summed E-state index contributed by atoms with van der Waals surface area (Å²) in [7, 11) is 0. The molecule has 0 saturated heterocycles. The Morgan fingerprint density at radius 3 is 2.58 bits per heavy atom. The number of thiocarbonyl (C=S) groups is 1. The molecular weight excluding hydrogens is 354 g/mol. The number of rotatable bonds is 6. The van der Waals surface area contributed by atoms with Crippen LogP contribution in [-0.4, -0.2) is 18.3 Å². The molecule has 2 aromatic carbocycles. The van der Waals surface area contributed by atoms with Gasteiger partial charge in [-0.05, 0) is 61.0 Å². The average molecular weight is 371 g/mol. The van der Waals surface area contributed by atoms with Gasteiger partial charge in [0.05, 0.1) is 0 Å². The minimum Gasteiger partial charge on any atom is -0.435 e. The van der Waals surface area contributed by atoms with E-state index in [9.17, 15) is 8.78 Å². The van der Waals surface area contributed by atoms with Crippen molar-refractivity contribution < 1.29 is 13.5 Å². The first kappa shape index (κ1) is 18.4. The second kappa shape index (κ2) is 8.80. The fourth-order valence-corrected chi connectivity index (χ4v) is 2.45. The number of hydrogen-bond donors (Lipinski definition) is 2. The number of hydrogen-bond acceptors (Lipinski definition) is 2. The van der Waals surface area contributed by atoms with Gasteiger partial charge in [0.25, 0.3) is 0 Å². The first-order chi connectivity index (χ1) is 11.5. The molecule has 0 amide bonds. The van der Waals surface area contributed by atoms with Gasteiger partial charge in [0.1, 0.15) is 5.75 Å². The Morgan fingerprint density at radius 2 is 1.92 bits per heavy atom. The highest BCUT2D eigenvalue weighted by molar-refractivity contribution is 7.80. The van der Waals surface area contributed by atoms with E-state index in [-0.39, 0.29) is 5.75 Å². The molecule has 0 aliphatic heterocycles. The largest absolute Gasteiger partial charge is 0.435 e. The van der Waals surface area contributed by atoms with Crippen molar-refractivity contribution in [3.8, 4) is 5.75 Å². The zero-order valence-electron chi connectivity index (χ0n) is 13.0. The molecule has 2 aromatic rings. The predicted molar refractivity (Wildman–Crippen MR) is 97.2 cm³/mol. The van der Waals surface area contributed by atoms with Crippen LogP contribution in [0.15, 0.2) is 42.5 Å². The lowest BCUT2D eigenvalue weighted by atomic mass is 10.1. The number of alkyl halides is 2. The van der Waals surface area contributed by atoms with E-state index in [1.165, 1.54) is 12.1 Å². The van der Waals surface area contributed by atoms with Crippen LogP contribution in [0.3, 0.4) is 0 Å². The van der Waals surface area contributed by atoms with E-state index in [0.717, 1.165) is 16.8 Å². The molecule has 0 fully saturated rings. The lowest BCUT2D eigenvalue weighted by Gasteiger charge is -2.13. The molecule has 0 bridgehead atoms. The van der Waals surface area contributed by atoms with E-state index in [1.54, 1.807) is 12.1 Å². The summed E-state index contributed by atoms with van der Waals surface area (Å²) in [6.45, 7) is -0.285. The molecule has 0 atom stereocenters. The maximum absolute atomic E-state index is 12.1. The van der Waals surface area contributed by atoms with Crippen molar-refractivity contribution in [3.05, 3.63) is 58.6 Å². The van der Waals surface area contributed by atoms with Gasteiger partial charge in [0, 0.05) is 17.3 Å². The molecule has 0 heterocycles. The van der Waals surface area contributed by atoms with Crippen molar-refractivity contribution in [1.82, 2.24) is 5.32 Å². The number of ether oxygens (including phenoxy) is 1. The maximum Gasteiger partial charge on any atom is 0.387 e. The van der Waals surface area contributed by atoms with Crippen LogP contribution in [0, 0.1) is 6.92 Å². The molecule has 7 heteroatoms. The third-order valence-electron chi connectivity index (χ3n) is 3.36. The Morgan fingerprint density at radius 1 is 1.21 bits per heavy atom. The van der Waals surface area contributed by atoms with Gasteiger partial charge in [-0.3, -0.25) is 0 Å². The van der Waals surface area contributed by atoms with Gasteiger partial charge in [-0.2, -0.15) is 8.78 Å². The molecular formula is C17H17ClF2N2OS. The van der Waals surface area contributed by atoms with E-state index < -0.39 is 6.61 Å². The van der Waals surface area contributed by atoms with Crippen LogP contribution >= 0.6 is 23.8 Å². The van der Waals surface area contributed by atoms with E-state index in [4.69, 9.17) is 23.8 Å². The Labute approximate surface area is 150 Å². The Bertz CT molecular complexity index is 695. The van der Waals surface area contributed by atoms with Gasteiger partial charge in [0.15, 0.2) is 5.11 Å². The van der Waals surface area contributed by atoms with Crippen molar-refractivity contribution in [2.45, 2.75) is 20.0 Å². The molecule has 2 rings (SSSR count). The molecule has 128 valence electrons. The molecule has 0 saturated carbocycles. The fraction of sp³-hybridized carbons (Fsp3) is 0.235. The molecule has 0 radical (unpaired) electrons. The summed E-state index contributed by atoms with van der Waals surface area (Å²) in [6.07, 6.45) is 0.700. The zero-order chi connectivity index (χ0) is 17.5. The first-order valence-corrected chi connectivity index (χ1v) is 8.08. The Hall–Kier alpha value is -1.92. The van der Waals surface area contributed by atoms with Gasteiger partial charge >= 0.3 is 6.61 Å². The van der Waals surface area contributed by atoms with Crippen LogP contribution in [0.5, 0.6) is 5.75 Å². The van der Waals surface area contributed by atoms with Crippen LogP contribution in [0.4, 0.5) is 14.5 Å². The Balaban J connectivity index is 1.79. The minimum atomic E-state index is -2.81. The molecule has 3 nitrogen and oxygen atoms in total. The number of anilines is 1. The smallest absolute Gasteiger partial charge is 0.387 e. The van der Waals surface area contributed by atoms with E-state index >= 15 is 0 Å². The van der Waals surface area contributed by atoms with Crippen molar-refractivity contribution >= 4 is 34.6 Å². The highest BCUT2D eigenvalue weighted by Gasteiger charge is 2.05. The summed E-state index contributed by atoms with van der Waals surface area (Å²) in [4.78, 5) is 0. The van der Waals surface area contributed by atoms with Gasteiger partial charge in [-0.15, -0.1) is 0 Å². The number of benzene rings is 2. The molecule has 2 N–H and O–H groups in total. The molecule has 0 unspecified atom stereocenters.